The number of aromatic nitrogens is 1. The summed E-state index contributed by atoms with van der Waals surface area (Å²) in [5, 5.41) is 0.486. The Kier molecular flexibility index (Phi) is 4.49. The van der Waals surface area contributed by atoms with Gasteiger partial charge in [0.1, 0.15) is 11.6 Å². The van der Waals surface area contributed by atoms with E-state index in [9.17, 15) is 9.59 Å². The SMILES string of the molecule is CN(C)CCCN1C(=O)c2oc3ccccc3c(=O)c2C1c1ccccn1. The predicted octanol–water partition coefficient (Wildman–Crippen LogP) is 2.68. The average Bonchev–Trinajstić information content (AvgIpc) is 2.95. The normalized spacial score (nSPS) is 16.3. The average molecular weight is 363 g/mol. The molecular formula is C21H21N3O3. The van der Waals surface area contributed by atoms with Crippen LogP contribution in [0.5, 0.6) is 0 Å². The molecule has 4 rings (SSSR count). The Labute approximate surface area is 157 Å². The van der Waals surface area contributed by atoms with Crippen LogP contribution in [0, 0.1) is 0 Å². The topological polar surface area (TPSA) is 66.7 Å². The molecule has 6 heteroatoms. The van der Waals surface area contributed by atoms with Crippen molar-refractivity contribution in [1.82, 2.24) is 14.8 Å². The molecule has 0 spiro atoms. The van der Waals surface area contributed by atoms with E-state index in [0.717, 1.165) is 13.0 Å². The zero-order chi connectivity index (χ0) is 19.0. The van der Waals surface area contributed by atoms with Crippen LogP contribution in [0.15, 0.2) is 57.9 Å². The molecule has 6 nitrogen and oxygen atoms in total. The maximum atomic E-state index is 13.2. The van der Waals surface area contributed by atoms with E-state index in [1.54, 1.807) is 35.4 Å². The summed E-state index contributed by atoms with van der Waals surface area (Å²) in [6.07, 6.45) is 2.47. The summed E-state index contributed by atoms with van der Waals surface area (Å²) in [4.78, 5) is 34.5. The first-order chi connectivity index (χ1) is 13.1. The molecule has 27 heavy (non-hydrogen) atoms. The second kappa shape index (κ2) is 6.96. The van der Waals surface area contributed by atoms with Crippen molar-refractivity contribution in [2.75, 3.05) is 27.2 Å². The van der Waals surface area contributed by atoms with Gasteiger partial charge in [0.15, 0.2) is 5.43 Å². The van der Waals surface area contributed by atoms with Gasteiger partial charge in [0.25, 0.3) is 5.91 Å². The van der Waals surface area contributed by atoms with Gasteiger partial charge in [-0.05, 0) is 51.3 Å². The predicted molar refractivity (Wildman–Crippen MR) is 103 cm³/mol. The Morgan fingerprint density at radius 1 is 1.11 bits per heavy atom. The van der Waals surface area contributed by atoms with Crippen LogP contribution in [0.3, 0.4) is 0 Å². The molecule has 2 aromatic heterocycles. The van der Waals surface area contributed by atoms with E-state index in [2.05, 4.69) is 9.88 Å². The molecule has 1 unspecified atom stereocenters. The molecule has 0 bridgehead atoms. The largest absolute Gasteiger partial charge is 0.450 e. The highest BCUT2D eigenvalue weighted by molar-refractivity contribution is 5.98. The molecule has 0 saturated carbocycles. The first-order valence-corrected chi connectivity index (χ1v) is 9.00. The van der Waals surface area contributed by atoms with Crippen LogP contribution in [0.2, 0.25) is 0 Å². The van der Waals surface area contributed by atoms with Crippen molar-refractivity contribution >= 4 is 16.9 Å². The van der Waals surface area contributed by atoms with E-state index < -0.39 is 6.04 Å². The van der Waals surface area contributed by atoms with Crippen molar-refractivity contribution in [3.8, 4) is 0 Å². The molecule has 138 valence electrons. The van der Waals surface area contributed by atoms with Crippen molar-refractivity contribution < 1.29 is 9.21 Å². The van der Waals surface area contributed by atoms with Gasteiger partial charge in [-0.25, -0.2) is 0 Å². The highest BCUT2D eigenvalue weighted by Gasteiger charge is 2.43. The second-order valence-electron chi connectivity index (χ2n) is 6.98. The van der Waals surface area contributed by atoms with Gasteiger partial charge in [-0.15, -0.1) is 0 Å². The first kappa shape index (κ1) is 17.4. The summed E-state index contributed by atoms with van der Waals surface area (Å²) < 4.78 is 5.88. The highest BCUT2D eigenvalue weighted by atomic mass is 16.3. The van der Waals surface area contributed by atoms with Crippen LogP contribution < -0.4 is 5.43 Å². The van der Waals surface area contributed by atoms with Crippen molar-refractivity contribution in [3.05, 3.63) is 75.9 Å². The Bertz CT molecular complexity index is 1040. The summed E-state index contributed by atoms with van der Waals surface area (Å²) >= 11 is 0. The minimum absolute atomic E-state index is 0.138. The third kappa shape index (κ3) is 3.02. The Morgan fingerprint density at radius 2 is 1.89 bits per heavy atom. The lowest BCUT2D eigenvalue weighted by molar-refractivity contribution is 0.0720. The zero-order valence-electron chi connectivity index (χ0n) is 15.4. The number of hydrogen-bond acceptors (Lipinski definition) is 5. The standard InChI is InChI=1S/C21H21N3O3/c1-23(2)12-7-13-24-18(15-9-5-6-11-22-15)17-19(25)14-8-3-4-10-16(14)27-20(17)21(24)26/h3-6,8-11,18H,7,12-13H2,1-2H3. The number of amides is 1. The van der Waals surface area contributed by atoms with Gasteiger partial charge in [-0.3, -0.25) is 14.6 Å². The van der Waals surface area contributed by atoms with Crippen LogP contribution >= 0.6 is 0 Å². The van der Waals surface area contributed by atoms with E-state index in [0.29, 0.717) is 28.8 Å². The molecule has 0 aliphatic carbocycles. The van der Waals surface area contributed by atoms with E-state index in [1.807, 2.05) is 32.3 Å². The van der Waals surface area contributed by atoms with Gasteiger partial charge in [0.05, 0.1) is 16.6 Å². The minimum atomic E-state index is -0.517. The lowest BCUT2D eigenvalue weighted by atomic mass is 10.0. The van der Waals surface area contributed by atoms with Crippen molar-refractivity contribution in [3.63, 3.8) is 0 Å². The number of carbonyl (C=O) groups excluding carboxylic acids is 1. The fraction of sp³-hybridized carbons (Fsp3) is 0.286. The van der Waals surface area contributed by atoms with E-state index in [-0.39, 0.29) is 17.1 Å². The summed E-state index contributed by atoms with van der Waals surface area (Å²) in [7, 11) is 3.99. The molecule has 1 atom stereocenters. The minimum Gasteiger partial charge on any atom is -0.450 e. The number of rotatable bonds is 5. The number of fused-ring (bicyclic) bond motifs is 2. The number of para-hydroxylation sites is 1. The van der Waals surface area contributed by atoms with Crippen LogP contribution in [-0.2, 0) is 0 Å². The lowest BCUT2D eigenvalue weighted by Gasteiger charge is -2.24. The highest BCUT2D eigenvalue weighted by Crippen LogP contribution is 2.37. The van der Waals surface area contributed by atoms with Crippen LogP contribution in [-0.4, -0.2) is 47.9 Å². The summed E-state index contributed by atoms with van der Waals surface area (Å²) in [5.74, 6) is -0.110. The molecule has 0 fully saturated rings. The van der Waals surface area contributed by atoms with Crippen LogP contribution in [0.4, 0.5) is 0 Å². The maximum Gasteiger partial charge on any atom is 0.290 e. The van der Waals surface area contributed by atoms with Gasteiger partial charge in [-0.1, -0.05) is 18.2 Å². The Hall–Kier alpha value is -2.99. The molecule has 3 aromatic rings. The molecule has 1 aromatic carbocycles. The molecule has 0 N–H and O–H groups in total. The number of nitrogens with zero attached hydrogens (tertiary/aromatic N) is 3. The van der Waals surface area contributed by atoms with Crippen molar-refractivity contribution in [2.24, 2.45) is 0 Å². The van der Waals surface area contributed by atoms with Gasteiger partial charge < -0.3 is 14.2 Å². The zero-order valence-corrected chi connectivity index (χ0v) is 15.4. The number of hydrogen-bond donors (Lipinski definition) is 0. The number of benzene rings is 1. The molecular weight excluding hydrogens is 342 g/mol. The monoisotopic (exact) mass is 363 g/mol. The molecule has 0 radical (unpaired) electrons. The summed E-state index contributed by atoms with van der Waals surface area (Å²) in [5.41, 5.74) is 1.34. The van der Waals surface area contributed by atoms with Crippen molar-refractivity contribution in [1.29, 1.82) is 0 Å². The fourth-order valence-corrected chi connectivity index (χ4v) is 3.60. The van der Waals surface area contributed by atoms with Gasteiger partial charge in [-0.2, -0.15) is 0 Å². The molecule has 3 heterocycles. The maximum absolute atomic E-state index is 13.2. The van der Waals surface area contributed by atoms with Crippen molar-refractivity contribution in [2.45, 2.75) is 12.5 Å². The Balaban J connectivity index is 1.86. The molecule has 1 aliphatic heterocycles. The Morgan fingerprint density at radius 3 is 2.63 bits per heavy atom. The van der Waals surface area contributed by atoms with Gasteiger partial charge in [0.2, 0.25) is 5.76 Å². The quantitative estimate of drug-likeness (QED) is 0.697. The lowest BCUT2D eigenvalue weighted by Crippen LogP contribution is -2.32. The third-order valence-corrected chi connectivity index (χ3v) is 4.85. The van der Waals surface area contributed by atoms with E-state index in [4.69, 9.17) is 4.42 Å². The first-order valence-electron chi connectivity index (χ1n) is 9.00. The van der Waals surface area contributed by atoms with Gasteiger partial charge >= 0.3 is 0 Å². The second-order valence-corrected chi connectivity index (χ2v) is 6.98. The third-order valence-electron chi connectivity index (χ3n) is 4.85. The fourth-order valence-electron chi connectivity index (χ4n) is 3.60. The smallest absolute Gasteiger partial charge is 0.290 e. The van der Waals surface area contributed by atoms with Crippen LogP contribution in [0.25, 0.3) is 11.0 Å². The number of pyridine rings is 1. The van der Waals surface area contributed by atoms with Gasteiger partial charge in [0, 0.05) is 12.7 Å². The summed E-state index contributed by atoms with van der Waals surface area (Å²) in [6, 6.07) is 12.1. The molecule has 0 saturated heterocycles. The summed E-state index contributed by atoms with van der Waals surface area (Å²) in [6.45, 7) is 1.37. The molecule has 1 amide bonds. The van der Waals surface area contributed by atoms with Crippen LogP contribution in [0.1, 0.15) is 34.3 Å². The molecule has 1 aliphatic rings. The number of carbonyl (C=O) groups is 1. The van der Waals surface area contributed by atoms with E-state index >= 15 is 0 Å². The van der Waals surface area contributed by atoms with E-state index in [1.165, 1.54) is 0 Å².